The van der Waals surface area contributed by atoms with Crippen LogP contribution in [0.15, 0.2) is 35.7 Å². The molecular formula is C20H28NO2S+. The molecule has 24 heavy (non-hydrogen) atoms. The van der Waals surface area contributed by atoms with Crippen LogP contribution < -0.4 is 14.8 Å². The van der Waals surface area contributed by atoms with Crippen LogP contribution in [0, 0.1) is 0 Å². The van der Waals surface area contributed by atoms with E-state index in [4.69, 9.17) is 9.47 Å². The van der Waals surface area contributed by atoms with Gasteiger partial charge >= 0.3 is 0 Å². The van der Waals surface area contributed by atoms with Gasteiger partial charge in [0.2, 0.25) is 0 Å². The standard InChI is InChI=1S/C20H27NO2S/c1-22-20-13-16(14-21-17-7-4-2-3-5-8-17)10-11-19(20)23-15-18-9-6-12-24-18/h6,9-13,17,21H,2-5,7-8,14-15H2,1H3/p+1. The van der Waals surface area contributed by atoms with Crippen LogP contribution in [0.25, 0.3) is 0 Å². The van der Waals surface area contributed by atoms with Crippen molar-refractivity contribution in [2.75, 3.05) is 7.11 Å². The van der Waals surface area contributed by atoms with Crippen LogP contribution in [0.3, 0.4) is 0 Å². The van der Waals surface area contributed by atoms with Crippen molar-refractivity contribution in [2.45, 2.75) is 57.7 Å². The molecule has 2 aromatic rings. The fourth-order valence-electron chi connectivity index (χ4n) is 3.35. The van der Waals surface area contributed by atoms with E-state index >= 15 is 0 Å². The van der Waals surface area contributed by atoms with E-state index < -0.39 is 0 Å². The number of nitrogens with two attached hydrogens (primary N) is 1. The molecule has 0 spiro atoms. The summed E-state index contributed by atoms with van der Waals surface area (Å²) < 4.78 is 11.4. The highest BCUT2D eigenvalue weighted by Crippen LogP contribution is 2.29. The molecule has 1 aliphatic rings. The number of hydrogen-bond acceptors (Lipinski definition) is 3. The average Bonchev–Trinajstić information content (AvgIpc) is 3.00. The zero-order valence-corrected chi connectivity index (χ0v) is 15.3. The average molecular weight is 347 g/mol. The van der Waals surface area contributed by atoms with Crippen molar-refractivity contribution in [1.29, 1.82) is 0 Å². The van der Waals surface area contributed by atoms with Gasteiger partial charge in [0.25, 0.3) is 0 Å². The summed E-state index contributed by atoms with van der Waals surface area (Å²) in [7, 11) is 1.71. The maximum absolute atomic E-state index is 5.91. The van der Waals surface area contributed by atoms with Gasteiger partial charge in [0.05, 0.1) is 13.2 Å². The number of thiophene rings is 1. The van der Waals surface area contributed by atoms with E-state index in [-0.39, 0.29) is 0 Å². The highest BCUT2D eigenvalue weighted by Gasteiger charge is 2.15. The van der Waals surface area contributed by atoms with Crippen LogP contribution in [0.5, 0.6) is 11.5 Å². The number of ether oxygens (including phenoxy) is 2. The SMILES string of the molecule is COc1cc(C[NH2+]C2CCCCCC2)ccc1OCc1cccs1. The lowest BCUT2D eigenvalue weighted by atomic mass is 10.1. The molecule has 4 heteroatoms. The molecule has 0 saturated heterocycles. The molecule has 2 N–H and O–H groups in total. The third kappa shape index (κ3) is 4.99. The lowest BCUT2D eigenvalue weighted by Crippen LogP contribution is -2.88. The van der Waals surface area contributed by atoms with Crippen molar-refractivity contribution < 1.29 is 14.8 Å². The summed E-state index contributed by atoms with van der Waals surface area (Å²) in [4.78, 5) is 1.22. The normalized spacial score (nSPS) is 15.9. The quantitative estimate of drug-likeness (QED) is 0.765. The number of benzene rings is 1. The number of rotatable bonds is 7. The number of quaternary nitrogens is 1. The maximum Gasteiger partial charge on any atom is 0.161 e. The summed E-state index contributed by atoms with van der Waals surface area (Å²) in [6.07, 6.45) is 8.32. The Morgan fingerprint density at radius 2 is 1.92 bits per heavy atom. The summed E-state index contributed by atoms with van der Waals surface area (Å²) in [6, 6.07) is 11.3. The third-order valence-corrected chi connectivity index (χ3v) is 5.61. The molecular weight excluding hydrogens is 318 g/mol. The highest BCUT2D eigenvalue weighted by molar-refractivity contribution is 7.09. The van der Waals surface area contributed by atoms with Crippen LogP contribution in [0.4, 0.5) is 0 Å². The molecule has 3 nitrogen and oxygen atoms in total. The van der Waals surface area contributed by atoms with Gasteiger partial charge in [-0.1, -0.05) is 18.9 Å². The molecule has 1 heterocycles. The van der Waals surface area contributed by atoms with Crippen molar-refractivity contribution in [1.82, 2.24) is 0 Å². The van der Waals surface area contributed by atoms with Crippen LogP contribution in [0.1, 0.15) is 49.0 Å². The van der Waals surface area contributed by atoms with E-state index in [1.54, 1.807) is 18.4 Å². The van der Waals surface area contributed by atoms with Crippen molar-refractivity contribution in [3.63, 3.8) is 0 Å². The van der Waals surface area contributed by atoms with E-state index in [2.05, 4.69) is 28.9 Å². The van der Waals surface area contributed by atoms with Crippen molar-refractivity contribution in [3.8, 4) is 11.5 Å². The van der Waals surface area contributed by atoms with Gasteiger partial charge in [-0.2, -0.15) is 0 Å². The summed E-state index contributed by atoms with van der Waals surface area (Å²) >= 11 is 1.71. The molecule has 1 fully saturated rings. The second kappa shape index (κ2) is 9.09. The van der Waals surface area contributed by atoms with Crippen LogP contribution in [-0.4, -0.2) is 13.2 Å². The summed E-state index contributed by atoms with van der Waals surface area (Å²) in [6.45, 7) is 1.62. The lowest BCUT2D eigenvalue weighted by Gasteiger charge is -2.14. The van der Waals surface area contributed by atoms with E-state index in [0.29, 0.717) is 6.61 Å². The Hall–Kier alpha value is -1.52. The Morgan fingerprint density at radius 3 is 2.62 bits per heavy atom. The van der Waals surface area contributed by atoms with Crippen molar-refractivity contribution in [3.05, 3.63) is 46.2 Å². The van der Waals surface area contributed by atoms with Crippen LogP contribution in [0.2, 0.25) is 0 Å². The molecule has 0 amide bonds. The van der Waals surface area contributed by atoms with Crippen LogP contribution in [-0.2, 0) is 13.2 Å². The van der Waals surface area contributed by atoms with Gasteiger partial charge < -0.3 is 14.8 Å². The fraction of sp³-hybridized carbons (Fsp3) is 0.500. The molecule has 1 aromatic carbocycles. The van der Waals surface area contributed by atoms with Crippen LogP contribution >= 0.6 is 11.3 Å². The maximum atomic E-state index is 5.91. The second-order valence-corrected chi connectivity index (χ2v) is 7.58. The summed E-state index contributed by atoms with van der Waals surface area (Å²) in [5.74, 6) is 1.66. The van der Waals surface area contributed by atoms with E-state index in [1.807, 2.05) is 12.1 Å². The largest absolute Gasteiger partial charge is 0.493 e. The van der Waals surface area contributed by atoms with Gasteiger partial charge in [-0.15, -0.1) is 11.3 Å². The summed E-state index contributed by atoms with van der Waals surface area (Å²) in [5, 5.41) is 4.58. The van der Waals surface area contributed by atoms with Gasteiger partial charge in [0.1, 0.15) is 13.2 Å². The predicted octanol–water partition coefficient (Wildman–Crippen LogP) is 4.12. The molecule has 0 radical (unpaired) electrons. The smallest absolute Gasteiger partial charge is 0.161 e. The van der Waals surface area contributed by atoms with Gasteiger partial charge in [0.15, 0.2) is 11.5 Å². The van der Waals surface area contributed by atoms with Gasteiger partial charge in [-0.25, -0.2) is 0 Å². The first kappa shape index (κ1) is 17.3. The first-order valence-electron chi connectivity index (χ1n) is 9.00. The minimum atomic E-state index is 0.599. The highest BCUT2D eigenvalue weighted by atomic mass is 32.1. The number of hydrogen-bond donors (Lipinski definition) is 1. The first-order chi connectivity index (χ1) is 11.8. The molecule has 0 unspecified atom stereocenters. The Morgan fingerprint density at radius 1 is 1.08 bits per heavy atom. The molecule has 0 bridgehead atoms. The minimum absolute atomic E-state index is 0.599. The molecule has 1 aliphatic carbocycles. The fourth-order valence-corrected chi connectivity index (χ4v) is 3.97. The first-order valence-corrected chi connectivity index (χ1v) is 9.88. The Balaban J connectivity index is 1.56. The topological polar surface area (TPSA) is 35.1 Å². The van der Waals surface area contributed by atoms with Crippen molar-refractivity contribution in [2.24, 2.45) is 0 Å². The lowest BCUT2D eigenvalue weighted by molar-refractivity contribution is -0.705. The van der Waals surface area contributed by atoms with Gasteiger partial charge in [-0.05, 0) is 55.3 Å². The zero-order chi connectivity index (χ0) is 16.6. The van der Waals surface area contributed by atoms with Gasteiger partial charge in [-0.3, -0.25) is 0 Å². The Labute approximate surface area is 149 Å². The van der Waals surface area contributed by atoms with E-state index in [1.165, 1.54) is 49.0 Å². The van der Waals surface area contributed by atoms with E-state index in [9.17, 15) is 0 Å². The second-order valence-electron chi connectivity index (χ2n) is 6.54. The van der Waals surface area contributed by atoms with E-state index in [0.717, 1.165) is 24.1 Å². The Bertz CT molecular complexity index is 604. The molecule has 0 aliphatic heterocycles. The van der Waals surface area contributed by atoms with Crippen molar-refractivity contribution >= 4 is 11.3 Å². The number of methoxy groups -OCH3 is 1. The predicted molar refractivity (Wildman–Crippen MR) is 98.8 cm³/mol. The van der Waals surface area contributed by atoms with Gasteiger partial charge in [0, 0.05) is 10.4 Å². The molecule has 1 saturated carbocycles. The third-order valence-electron chi connectivity index (χ3n) is 4.76. The molecule has 3 rings (SSSR count). The minimum Gasteiger partial charge on any atom is -0.493 e. The molecule has 130 valence electrons. The molecule has 1 aromatic heterocycles. The Kier molecular flexibility index (Phi) is 6.56. The monoisotopic (exact) mass is 346 g/mol. The summed E-state index contributed by atoms with van der Waals surface area (Å²) in [5.41, 5.74) is 1.31. The zero-order valence-electron chi connectivity index (χ0n) is 14.5. The molecule has 0 atom stereocenters.